The van der Waals surface area contributed by atoms with Crippen LogP contribution >= 0.6 is 0 Å². The van der Waals surface area contributed by atoms with Crippen LogP contribution in [0.15, 0.2) is 0 Å². The van der Waals surface area contributed by atoms with E-state index in [9.17, 15) is 9.59 Å². The molecule has 17 heavy (non-hydrogen) atoms. The van der Waals surface area contributed by atoms with Crippen LogP contribution in [0.3, 0.4) is 0 Å². The van der Waals surface area contributed by atoms with E-state index in [4.69, 9.17) is 5.11 Å². The molecule has 98 valence electrons. The van der Waals surface area contributed by atoms with Gasteiger partial charge in [-0.2, -0.15) is 0 Å². The highest BCUT2D eigenvalue weighted by Crippen LogP contribution is 2.25. The van der Waals surface area contributed by atoms with Crippen LogP contribution in [0.4, 0.5) is 0 Å². The van der Waals surface area contributed by atoms with Gasteiger partial charge in [-0.1, -0.05) is 6.92 Å². The molecule has 0 bridgehead atoms. The van der Waals surface area contributed by atoms with Crippen molar-refractivity contribution in [3.63, 3.8) is 0 Å². The second-order valence-electron chi connectivity index (χ2n) is 5.22. The van der Waals surface area contributed by atoms with Gasteiger partial charge in [0.25, 0.3) is 0 Å². The number of carboxylic acid groups (broad SMARTS) is 1. The first-order valence-electron chi connectivity index (χ1n) is 6.03. The Morgan fingerprint density at radius 2 is 2.12 bits per heavy atom. The Kier molecular flexibility index (Phi) is 4.14. The van der Waals surface area contributed by atoms with Crippen molar-refractivity contribution >= 4 is 11.9 Å². The van der Waals surface area contributed by atoms with E-state index in [1.807, 2.05) is 20.8 Å². The summed E-state index contributed by atoms with van der Waals surface area (Å²) in [7, 11) is 1.79. The van der Waals surface area contributed by atoms with Crippen molar-refractivity contribution in [3.05, 3.63) is 0 Å². The molecule has 1 N–H and O–H groups in total. The molecule has 1 aliphatic heterocycles. The molecule has 1 atom stereocenters. The summed E-state index contributed by atoms with van der Waals surface area (Å²) in [5.74, 6) is -0.814. The predicted molar refractivity (Wildman–Crippen MR) is 64.8 cm³/mol. The summed E-state index contributed by atoms with van der Waals surface area (Å²) >= 11 is 0. The van der Waals surface area contributed by atoms with Crippen molar-refractivity contribution in [2.75, 3.05) is 20.1 Å². The smallest absolute Gasteiger partial charge is 0.303 e. The van der Waals surface area contributed by atoms with E-state index < -0.39 is 5.97 Å². The molecular weight excluding hydrogens is 220 g/mol. The molecule has 1 saturated heterocycles. The van der Waals surface area contributed by atoms with Gasteiger partial charge in [-0.15, -0.1) is 0 Å². The monoisotopic (exact) mass is 242 g/mol. The zero-order valence-electron chi connectivity index (χ0n) is 11.1. The lowest BCUT2D eigenvalue weighted by atomic mass is 9.94. The molecule has 1 rings (SSSR count). The Hall–Kier alpha value is -1.10. The minimum Gasteiger partial charge on any atom is -0.481 e. The fourth-order valence-corrected chi connectivity index (χ4v) is 2.29. The summed E-state index contributed by atoms with van der Waals surface area (Å²) in [6.45, 7) is 7.62. The molecule has 1 unspecified atom stereocenters. The molecule has 1 fully saturated rings. The zero-order valence-corrected chi connectivity index (χ0v) is 11.1. The van der Waals surface area contributed by atoms with Gasteiger partial charge in [-0.25, -0.2) is 0 Å². The van der Waals surface area contributed by atoms with Crippen molar-refractivity contribution in [2.45, 2.75) is 45.2 Å². The van der Waals surface area contributed by atoms with Gasteiger partial charge in [0.1, 0.15) is 0 Å². The second kappa shape index (κ2) is 5.04. The van der Waals surface area contributed by atoms with E-state index in [2.05, 4.69) is 4.90 Å². The quantitative estimate of drug-likeness (QED) is 0.792. The second-order valence-corrected chi connectivity index (χ2v) is 5.22. The molecule has 0 aliphatic carbocycles. The van der Waals surface area contributed by atoms with Gasteiger partial charge in [0, 0.05) is 25.6 Å². The predicted octanol–water partition coefficient (Wildman–Crippen LogP) is 0.792. The van der Waals surface area contributed by atoms with Crippen LogP contribution in [0.1, 0.15) is 33.6 Å². The van der Waals surface area contributed by atoms with E-state index in [1.165, 1.54) is 0 Å². The van der Waals surface area contributed by atoms with Crippen LogP contribution < -0.4 is 0 Å². The highest BCUT2D eigenvalue weighted by molar-refractivity contribution is 5.84. The van der Waals surface area contributed by atoms with Gasteiger partial charge in [0.05, 0.1) is 6.04 Å². The molecule has 1 aliphatic rings. The van der Waals surface area contributed by atoms with E-state index >= 15 is 0 Å². The zero-order chi connectivity index (χ0) is 13.2. The fourth-order valence-electron chi connectivity index (χ4n) is 2.29. The Labute approximate surface area is 102 Å². The molecule has 1 heterocycles. The third kappa shape index (κ3) is 2.97. The van der Waals surface area contributed by atoms with Crippen molar-refractivity contribution in [3.8, 4) is 0 Å². The number of carbonyl (C=O) groups is 2. The van der Waals surface area contributed by atoms with Gasteiger partial charge in [0.2, 0.25) is 5.91 Å². The summed E-state index contributed by atoms with van der Waals surface area (Å²) in [5.41, 5.74) is -0.188. The van der Waals surface area contributed by atoms with Crippen molar-refractivity contribution in [1.82, 2.24) is 9.80 Å². The lowest BCUT2D eigenvalue weighted by Gasteiger charge is -2.48. The molecule has 0 saturated carbocycles. The number of hydrogen-bond donors (Lipinski definition) is 1. The van der Waals surface area contributed by atoms with Crippen molar-refractivity contribution in [2.24, 2.45) is 0 Å². The summed E-state index contributed by atoms with van der Waals surface area (Å²) in [6.07, 6.45) is 0.434. The number of carbonyl (C=O) groups excluding carboxylic acids is 1. The first kappa shape index (κ1) is 14.0. The third-order valence-corrected chi connectivity index (χ3v) is 3.59. The molecule has 0 aromatic rings. The molecule has 0 spiro atoms. The number of amides is 1. The lowest BCUT2D eigenvalue weighted by molar-refractivity contribution is -0.150. The first-order chi connectivity index (χ1) is 7.79. The first-order valence-corrected chi connectivity index (χ1v) is 6.03. The Bertz CT molecular complexity index is 315. The van der Waals surface area contributed by atoms with Crippen LogP contribution in [0, 0.1) is 0 Å². The van der Waals surface area contributed by atoms with Crippen molar-refractivity contribution < 1.29 is 14.7 Å². The average Bonchev–Trinajstić information content (AvgIpc) is 2.24. The van der Waals surface area contributed by atoms with Gasteiger partial charge in [-0.05, 0) is 26.8 Å². The third-order valence-electron chi connectivity index (χ3n) is 3.59. The number of carboxylic acids is 1. The lowest BCUT2D eigenvalue weighted by Crippen LogP contribution is -2.64. The van der Waals surface area contributed by atoms with Crippen LogP contribution in [-0.4, -0.2) is 58.5 Å². The molecule has 5 heteroatoms. The number of rotatable bonds is 4. The normalized spacial score (nSPS) is 25.1. The van der Waals surface area contributed by atoms with Crippen molar-refractivity contribution in [1.29, 1.82) is 0 Å². The summed E-state index contributed by atoms with van der Waals surface area (Å²) in [6, 6.07) is -0.283. The van der Waals surface area contributed by atoms with Gasteiger partial charge >= 0.3 is 5.97 Å². The van der Waals surface area contributed by atoms with Crippen LogP contribution in [0.2, 0.25) is 0 Å². The van der Waals surface area contributed by atoms with E-state index in [0.29, 0.717) is 6.42 Å². The average molecular weight is 242 g/mol. The minimum absolute atomic E-state index is 0.0318. The summed E-state index contributed by atoms with van der Waals surface area (Å²) in [5, 5.41) is 8.71. The topological polar surface area (TPSA) is 60.9 Å². The number of piperazine rings is 1. The summed E-state index contributed by atoms with van der Waals surface area (Å²) < 4.78 is 0. The molecule has 1 amide bonds. The molecule has 5 nitrogen and oxygen atoms in total. The molecule has 0 aromatic carbocycles. The Morgan fingerprint density at radius 1 is 1.53 bits per heavy atom. The SMILES string of the molecule is CCN1CC(C)(C)N(C)C(=O)C1CCC(=O)O. The van der Waals surface area contributed by atoms with E-state index in [0.717, 1.165) is 13.1 Å². The largest absolute Gasteiger partial charge is 0.481 e. The minimum atomic E-state index is -0.846. The number of hydrogen-bond acceptors (Lipinski definition) is 3. The van der Waals surface area contributed by atoms with Crippen LogP contribution in [-0.2, 0) is 9.59 Å². The number of likely N-dealkylation sites (N-methyl/N-ethyl adjacent to an activating group) is 2. The Balaban J connectivity index is 2.80. The van der Waals surface area contributed by atoms with E-state index in [1.54, 1.807) is 11.9 Å². The van der Waals surface area contributed by atoms with Gasteiger partial charge < -0.3 is 10.0 Å². The molecular formula is C12H22N2O3. The van der Waals surface area contributed by atoms with Crippen LogP contribution in [0.25, 0.3) is 0 Å². The fraction of sp³-hybridized carbons (Fsp3) is 0.833. The van der Waals surface area contributed by atoms with Gasteiger partial charge in [0.15, 0.2) is 0 Å². The standard InChI is InChI=1S/C12H22N2O3/c1-5-14-8-12(2,3)13(4)11(17)9(14)6-7-10(15)16/h9H,5-8H2,1-4H3,(H,15,16). The van der Waals surface area contributed by atoms with E-state index in [-0.39, 0.29) is 23.9 Å². The molecule has 0 aromatic heterocycles. The maximum Gasteiger partial charge on any atom is 0.303 e. The Morgan fingerprint density at radius 3 is 2.59 bits per heavy atom. The number of nitrogens with zero attached hydrogens (tertiary/aromatic N) is 2. The highest BCUT2D eigenvalue weighted by Gasteiger charge is 2.41. The molecule has 0 radical (unpaired) electrons. The summed E-state index contributed by atoms with van der Waals surface area (Å²) in [4.78, 5) is 26.6. The highest BCUT2D eigenvalue weighted by atomic mass is 16.4. The maximum atomic E-state index is 12.2. The maximum absolute atomic E-state index is 12.2. The van der Waals surface area contributed by atoms with Gasteiger partial charge in [-0.3, -0.25) is 14.5 Å². The van der Waals surface area contributed by atoms with Crippen LogP contribution in [0.5, 0.6) is 0 Å². The number of aliphatic carboxylic acids is 1.